The van der Waals surface area contributed by atoms with E-state index < -0.39 is 18.3 Å². The van der Waals surface area contributed by atoms with Crippen LogP contribution in [-0.4, -0.2) is 46.7 Å². The first-order chi connectivity index (χ1) is 14.0. The second-order valence-electron chi connectivity index (χ2n) is 7.96. The van der Waals surface area contributed by atoms with Gasteiger partial charge in [-0.3, -0.25) is 4.79 Å². The van der Waals surface area contributed by atoms with Crippen LogP contribution in [0, 0.1) is 23.7 Å². The Morgan fingerprint density at radius 2 is 1.72 bits per heavy atom. The van der Waals surface area contributed by atoms with Crippen molar-refractivity contribution in [1.82, 2.24) is 0 Å². The van der Waals surface area contributed by atoms with Gasteiger partial charge in [-0.2, -0.15) is 0 Å². The standard InChI is InChI=1S/C24H34O5/c1-29-24(28)12-8-3-2-7-11-20-21(23(27)17-22(20)26)16-15-19(25)14-13-18-9-5-4-6-10-18/h4-6,9-10,19-23,25-27H,2-3,7-8,11-12,15-17H2,1H3/t19-,20+,21+,22-,23+/m0/s1. The maximum atomic E-state index is 11.1. The Morgan fingerprint density at radius 1 is 1.07 bits per heavy atom. The average molecular weight is 403 g/mol. The van der Waals surface area contributed by atoms with Crippen LogP contribution in [0.2, 0.25) is 0 Å². The smallest absolute Gasteiger partial charge is 0.305 e. The maximum absolute atomic E-state index is 11.1. The summed E-state index contributed by atoms with van der Waals surface area (Å²) in [5, 5.41) is 30.9. The minimum absolute atomic E-state index is 0.00626. The molecule has 1 aliphatic rings. The van der Waals surface area contributed by atoms with E-state index in [4.69, 9.17) is 0 Å². The number of carbonyl (C=O) groups excluding carboxylic acids is 1. The lowest BCUT2D eigenvalue weighted by Gasteiger charge is -2.24. The fourth-order valence-electron chi connectivity index (χ4n) is 4.20. The Bertz CT molecular complexity index is 663. The molecule has 2 rings (SSSR count). The van der Waals surface area contributed by atoms with Crippen LogP contribution in [0.4, 0.5) is 0 Å². The fraction of sp³-hybridized carbons (Fsp3) is 0.625. The fourth-order valence-corrected chi connectivity index (χ4v) is 4.20. The average Bonchev–Trinajstić information content (AvgIpc) is 3.00. The molecule has 0 heterocycles. The third-order valence-corrected chi connectivity index (χ3v) is 5.85. The van der Waals surface area contributed by atoms with Crippen molar-refractivity contribution in [2.75, 3.05) is 7.11 Å². The Morgan fingerprint density at radius 3 is 2.41 bits per heavy atom. The van der Waals surface area contributed by atoms with Crippen molar-refractivity contribution in [3.05, 3.63) is 35.9 Å². The summed E-state index contributed by atoms with van der Waals surface area (Å²) < 4.78 is 4.64. The van der Waals surface area contributed by atoms with Gasteiger partial charge in [0.15, 0.2) is 0 Å². The molecule has 0 amide bonds. The lowest BCUT2D eigenvalue weighted by atomic mass is 9.85. The van der Waals surface area contributed by atoms with Crippen molar-refractivity contribution in [3.8, 4) is 11.8 Å². The molecule has 0 aromatic heterocycles. The molecule has 0 saturated heterocycles. The molecular formula is C24H34O5. The van der Waals surface area contributed by atoms with Crippen molar-refractivity contribution in [2.45, 2.75) is 76.1 Å². The van der Waals surface area contributed by atoms with Gasteiger partial charge in [-0.05, 0) is 56.1 Å². The second kappa shape index (κ2) is 12.6. The SMILES string of the molecule is COC(=O)CCCCCC[C@@H]1[C@@H](CC[C@@H](O)C#Cc2ccccc2)[C@H](O)C[C@@H]1O. The number of esters is 1. The molecule has 1 fully saturated rings. The van der Waals surface area contributed by atoms with E-state index in [1.807, 2.05) is 30.3 Å². The largest absolute Gasteiger partial charge is 0.469 e. The van der Waals surface area contributed by atoms with Crippen LogP contribution in [0.15, 0.2) is 30.3 Å². The molecule has 5 atom stereocenters. The van der Waals surface area contributed by atoms with E-state index in [0.29, 0.717) is 25.7 Å². The maximum Gasteiger partial charge on any atom is 0.305 e. The van der Waals surface area contributed by atoms with Crippen molar-refractivity contribution in [1.29, 1.82) is 0 Å². The quantitative estimate of drug-likeness (QED) is 0.318. The number of methoxy groups -OCH3 is 1. The normalized spacial score (nSPS) is 24.6. The van der Waals surface area contributed by atoms with Gasteiger partial charge in [-0.25, -0.2) is 0 Å². The second-order valence-corrected chi connectivity index (χ2v) is 7.96. The summed E-state index contributed by atoms with van der Waals surface area (Å²) in [5.74, 6) is 5.72. The Kier molecular flexibility index (Phi) is 10.2. The number of unbranched alkanes of at least 4 members (excludes halogenated alkanes) is 3. The lowest BCUT2D eigenvalue weighted by Crippen LogP contribution is -2.23. The highest BCUT2D eigenvalue weighted by Crippen LogP contribution is 2.39. The summed E-state index contributed by atoms with van der Waals surface area (Å²) in [6.45, 7) is 0. The summed E-state index contributed by atoms with van der Waals surface area (Å²) in [7, 11) is 1.40. The van der Waals surface area contributed by atoms with E-state index >= 15 is 0 Å². The number of aliphatic hydroxyl groups excluding tert-OH is 3. The number of rotatable bonds is 10. The molecule has 0 unspecified atom stereocenters. The third-order valence-electron chi connectivity index (χ3n) is 5.85. The van der Waals surface area contributed by atoms with Crippen LogP contribution in [0.1, 0.15) is 63.4 Å². The molecule has 5 heteroatoms. The molecule has 0 aliphatic heterocycles. The number of benzene rings is 1. The van der Waals surface area contributed by atoms with Crippen molar-refractivity contribution in [2.24, 2.45) is 11.8 Å². The highest BCUT2D eigenvalue weighted by Gasteiger charge is 2.40. The van der Waals surface area contributed by atoms with Gasteiger partial charge >= 0.3 is 5.97 Å². The summed E-state index contributed by atoms with van der Waals surface area (Å²) >= 11 is 0. The van der Waals surface area contributed by atoms with Crippen LogP contribution in [0.5, 0.6) is 0 Å². The molecule has 1 saturated carbocycles. The summed E-state index contributed by atoms with van der Waals surface area (Å²) in [4.78, 5) is 11.1. The van der Waals surface area contributed by atoms with Crippen LogP contribution < -0.4 is 0 Å². The van der Waals surface area contributed by atoms with Crippen LogP contribution in [-0.2, 0) is 9.53 Å². The molecule has 0 spiro atoms. The molecule has 160 valence electrons. The molecule has 0 radical (unpaired) electrons. The zero-order chi connectivity index (χ0) is 21.1. The lowest BCUT2D eigenvalue weighted by molar-refractivity contribution is -0.140. The number of aliphatic hydroxyl groups is 3. The molecule has 5 nitrogen and oxygen atoms in total. The molecule has 1 aromatic rings. The number of hydrogen-bond donors (Lipinski definition) is 3. The highest BCUT2D eigenvalue weighted by atomic mass is 16.5. The first-order valence-corrected chi connectivity index (χ1v) is 10.7. The zero-order valence-electron chi connectivity index (χ0n) is 17.3. The molecule has 1 aliphatic carbocycles. The van der Waals surface area contributed by atoms with Crippen molar-refractivity contribution >= 4 is 5.97 Å². The molecule has 0 bridgehead atoms. The predicted octanol–water partition coefficient (Wildman–Crippen LogP) is 3.05. The van der Waals surface area contributed by atoms with Crippen LogP contribution in [0.3, 0.4) is 0 Å². The predicted molar refractivity (Wildman–Crippen MR) is 112 cm³/mol. The van der Waals surface area contributed by atoms with Gasteiger partial charge in [0.1, 0.15) is 6.10 Å². The number of hydrogen-bond acceptors (Lipinski definition) is 5. The molecule has 3 N–H and O–H groups in total. The number of carbonyl (C=O) groups is 1. The monoisotopic (exact) mass is 402 g/mol. The zero-order valence-corrected chi connectivity index (χ0v) is 17.3. The third kappa shape index (κ3) is 8.18. The van der Waals surface area contributed by atoms with E-state index in [2.05, 4.69) is 16.6 Å². The number of ether oxygens (including phenoxy) is 1. The van der Waals surface area contributed by atoms with Gasteiger partial charge in [0, 0.05) is 12.0 Å². The van der Waals surface area contributed by atoms with E-state index in [0.717, 1.165) is 37.7 Å². The summed E-state index contributed by atoms with van der Waals surface area (Å²) in [6, 6.07) is 9.54. The van der Waals surface area contributed by atoms with Gasteiger partial charge in [0.2, 0.25) is 0 Å². The van der Waals surface area contributed by atoms with E-state index in [1.165, 1.54) is 7.11 Å². The van der Waals surface area contributed by atoms with E-state index in [1.54, 1.807) is 0 Å². The van der Waals surface area contributed by atoms with E-state index in [9.17, 15) is 20.1 Å². The van der Waals surface area contributed by atoms with Crippen molar-refractivity contribution in [3.63, 3.8) is 0 Å². The minimum atomic E-state index is -0.737. The topological polar surface area (TPSA) is 87.0 Å². The molecule has 1 aromatic carbocycles. The first kappa shape index (κ1) is 23.4. The Labute approximate surface area is 174 Å². The first-order valence-electron chi connectivity index (χ1n) is 10.7. The van der Waals surface area contributed by atoms with Gasteiger partial charge in [0.05, 0.1) is 19.3 Å². The highest BCUT2D eigenvalue weighted by molar-refractivity contribution is 5.68. The Balaban J connectivity index is 1.74. The Hall–Kier alpha value is -1.87. The van der Waals surface area contributed by atoms with Gasteiger partial charge in [-0.1, -0.05) is 49.3 Å². The molecule has 29 heavy (non-hydrogen) atoms. The van der Waals surface area contributed by atoms with Crippen LogP contribution >= 0.6 is 0 Å². The summed E-state index contributed by atoms with van der Waals surface area (Å²) in [6.07, 6.45) is 4.83. The van der Waals surface area contributed by atoms with Gasteiger partial charge < -0.3 is 20.1 Å². The van der Waals surface area contributed by atoms with Gasteiger partial charge in [0.25, 0.3) is 0 Å². The van der Waals surface area contributed by atoms with Crippen molar-refractivity contribution < 1.29 is 24.9 Å². The summed E-state index contributed by atoms with van der Waals surface area (Å²) in [5.41, 5.74) is 0.868. The van der Waals surface area contributed by atoms with Crippen LogP contribution in [0.25, 0.3) is 0 Å². The minimum Gasteiger partial charge on any atom is -0.469 e. The molecular weight excluding hydrogens is 368 g/mol. The van der Waals surface area contributed by atoms with Gasteiger partial charge in [-0.15, -0.1) is 0 Å². The van der Waals surface area contributed by atoms with E-state index in [-0.39, 0.29) is 17.8 Å².